The number of nitrogen functional groups attached to an aromatic ring is 1. The van der Waals surface area contributed by atoms with Crippen LogP contribution in [0, 0.1) is 5.41 Å². The Balaban J connectivity index is 2.16. The summed E-state index contributed by atoms with van der Waals surface area (Å²) in [5, 5.41) is 7.22. The third kappa shape index (κ3) is 1.69. The molecule has 1 aromatic heterocycles. The minimum Gasteiger partial charge on any atom is -0.382 e. The summed E-state index contributed by atoms with van der Waals surface area (Å²) in [6, 6.07) is 3.78. The number of hydrogen-bond acceptors (Lipinski definition) is 3. The number of amidine groups is 1. The van der Waals surface area contributed by atoms with Crippen LogP contribution in [0.2, 0.25) is 0 Å². The van der Waals surface area contributed by atoms with Crippen molar-refractivity contribution < 1.29 is 0 Å². The Hall–Kier alpha value is -1.58. The molecule has 0 amide bonds. The largest absolute Gasteiger partial charge is 0.382 e. The predicted octanol–water partition coefficient (Wildman–Crippen LogP) is 0.966. The summed E-state index contributed by atoms with van der Waals surface area (Å²) in [4.78, 5) is 6.43. The molecule has 1 saturated heterocycles. The Morgan fingerprint density at radius 1 is 1.36 bits per heavy atom. The van der Waals surface area contributed by atoms with Crippen molar-refractivity contribution in [1.82, 2.24) is 4.98 Å². The average Bonchev–Trinajstić information content (AvgIpc) is 2.71. The lowest BCUT2D eigenvalue weighted by molar-refractivity contribution is 0.949. The quantitative estimate of drug-likeness (QED) is 0.539. The number of nitrogens with two attached hydrogens (primary N) is 1. The Morgan fingerprint density at radius 2 is 2.07 bits per heavy atom. The zero-order valence-corrected chi connectivity index (χ0v) is 8.03. The van der Waals surface area contributed by atoms with Crippen molar-refractivity contribution in [2.24, 2.45) is 5.73 Å². The maximum absolute atomic E-state index is 7.22. The van der Waals surface area contributed by atoms with E-state index in [9.17, 15) is 0 Å². The molecule has 0 atom stereocenters. The fraction of sp³-hybridized carbons (Fsp3) is 0.400. The minimum atomic E-state index is 0.0259. The summed E-state index contributed by atoms with van der Waals surface area (Å²) in [6.45, 7) is 2.22. The van der Waals surface area contributed by atoms with Crippen LogP contribution in [0.5, 0.6) is 0 Å². The lowest BCUT2D eigenvalue weighted by Crippen LogP contribution is -2.19. The van der Waals surface area contributed by atoms with Gasteiger partial charge < -0.3 is 10.6 Å². The Bertz CT molecular complexity index is 324. The normalized spacial score (nSPS) is 15.9. The van der Waals surface area contributed by atoms with E-state index in [-0.39, 0.29) is 5.84 Å². The maximum Gasteiger partial charge on any atom is 0.141 e. The van der Waals surface area contributed by atoms with E-state index in [1.54, 1.807) is 12.3 Å². The minimum absolute atomic E-state index is 0.0259. The summed E-state index contributed by atoms with van der Waals surface area (Å²) in [5.74, 6) is 0.0259. The van der Waals surface area contributed by atoms with E-state index in [0.29, 0.717) is 5.69 Å². The van der Waals surface area contributed by atoms with Gasteiger partial charge in [-0.15, -0.1) is 0 Å². The van der Waals surface area contributed by atoms with Crippen molar-refractivity contribution in [2.45, 2.75) is 12.8 Å². The van der Waals surface area contributed by atoms with Gasteiger partial charge in [0.1, 0.15) is 11.5 Å². The fourth-order valence-corrected chi connectivity index (χ4v) is 1.71. The molecule has 2 rings (SSSR count). The van der Waals surface area contributed by atoms with E-state index in [0.717, 1.165) is 18.8 Å². The first-order valence-electron chi connectivity index (χ1n) is 4.83. The molecule has 1 aliphatic heterocycles. The fourth-order valence-electron chi connectivity index (χ4n) is 1.71. The van der Waals surface area contributed by atoms with Crippen LogP contribution in [-0.4, -0.2) is 23.9 Å². The Kier molecular flexibility index (Phi) is 2.35. The molecule has 14 heavy (non-hydrogen) atoms. The van der Waals surface area contributed by atoms with E-state index >= 15 is 0 Å². The van der Waals surface area contributed by atoms with Gasteiger partial charge in [0.05, 0.1) is 11.9 Å². The number of nitrogens with zero attached hydrogens (tertiary/aromatic N) is 2. The molecule has 2 heterocycles. The summed E-state index contributed by atoms with van der Waals surface area (Å²) < 4.78 is 0. The zero-order chi connectivity index (χ0) is 9.97. The molecule has 74 valence electrons. The molecule has 0 bridgehead atoms. The van der Waals surface area contributed by atoms with Gasteiger partial charge in [-0.25, -0.2) is 0 Å². The molecule has 0 aliphatic carbocycles. The predicted molar refractivity (Wildman–Crippen MR) is 56.7 cm³/mol. The molecular formula is C10H14N4. The van der Waals surface area contributed by atoms with Crippen molar-refractivity contribution in [3.63, 3.8) is 0 Å². The highest BCUT2D eigenvalue weighted by molar-refractivity contribution is 5.93. The molecule has 0 saturated carbocycles. The topological polar surface area (TPSA) is 66.0 Å². The molecular weight excluding hydrogens is 176 g/mol. The van der Waals surface area contributed by atoms with E-state index in [4.69, 9.17) is 11.1 Å². The van der Waals surface area contributed by atoms with Gasteiger partial charge in [-0.05, 0) is 25.0 Å². The summed E-state index contributed by atoms with van der Waals surface area (Å²) in [5.41, 5.74) is 7.01. The van der Waals surface area contributed by atoms with E-state index in [1.807, 2.05) is 6.07 Å². The molecule has 4 heteroatoms. The third-order valence-electron chi connectivity index (χ3n) is 2.50. The number of pyridine rings is 1. The lowest BCUT2D eigenvalue weighted by atomic mass is 10.3. The van der Waals surface area contributed by atoms with Gasteiger partial charge in [0.25, 0.3) is 0 Å². The van der Waals surface area contributed by atoms with Gasteiger partial charge in [-0.2, -0.15) is 0 Å². The Labute approximate surface area is 83.3 Å². The van der Waals surface area contributed by atoms with Crippen LogP contribution >= 0.6 is 0 Å². The van der Waals surface area contributed by atoms with Crippen molar-refractivity contribution in [1.29, 1.82) is 5.41 Å². The van der Waals surface area contributed by atoms with Crippen molar-refractivity contribution in [3.05, 3.63) is 24.0 Å². The second kappa shape index (κ2) is 3.65. The molecule has 0 unspecified atom stereocenters. The summed E-state index contributed by atoms with van der Waals surface area (Å²) in [7, 11) is 0. The highest BCUT2D eigenvalue weighted by Gasteiger charge is 2.12. The molecule has 4 nitrogen and oxygen atoms in total. The smallest absolute Gasteiger partial charge is 0.141 e. The van der Waals surface area contributed by atoms with Crippen LogP contribution in [-0.2, 0) is 0 Å². The van der Waals surface area contributed by atoms with Gasteiger partial charge in [0, 0.05) is 13.1 Å². The number of aromatic nitrogens is 1. The highest BCUT2D eigenvalue weighted by atomic mass is 15.1. The molecule has 1 aromatic rings. The molecule has 3 N–H and O–H groups in total. The second-order valence-electron chi connectivity index (χ2n) is 3.51. The van der Waals surface area contributed by atoms with E-state index < -0.39 is 0 Å². The van der Waals surface area contributed by atoms with Crippen molar-refractivity contribution >= 4 is 11.5 Å². The van der Waals surface area contributed by atoms with E-state index in [1.165, 1.54) is 12.8 Å². The number of anilines is 1. The molecule has 1 aliphatic rings. The van der Waals surface area contributed by atoms with Crippen LogP contribution < -0.4 is 10.6 Å². The zero-order valence-electron chi connectivity index (χ0n) is 8.03. The second-order valence-corrected chi connectivity index (χ2v) is 3.51. The summed E-state index contributed by atoms with van der Waals surface area (Å²) >= 11 is 0. The Morgan fingerprint density at radius 3 is 2.57 bits per heavy atom. The van der Waals surface area contributed by atoms with E-state index in [2.05, 4.69) is 9.88 Å². The number of hydrogen-bond donors (Lipinski definition) is 2. The average molecular weight is 190 g/mol. The van der Waals surface area contributed by atoms with Gasteiger partial charge in [0.15, 0.2) is 0 Å². The van der Waals surface area contributed by atoms with Crippen LogP contribution in [0.1, 0.15) is 18.5 Å². The molecule has 0 radical (unpaired) electrons. The van der Waals surface area contributed by atoms with Crippen LogP contribution in [0.25, 0.3) is 0 Å². The first kappa shape index (κ1) is 8.99. The first-order chi connectivity index (χ1) is 6.77. The molecule has 0 aromatic carbocycles. The van der Waals surface area contributed by atoms with Gasteiger partial charge in [-0.3, -0.25) is 10.4 Å². The number of rotatable bonds is 2. The van der Waals surface area contributed by atoms with Crippen LogP contribution in [0.15, 0.2) is 18.3 Å². The van der Waals surface area contributed by atoms with Crippen LogP contribution in [0.3, 0.4) is 0 Å². The van der Waals surface area contributed by atoms with Gasteiger partial charge in [0.2, 0.25) is 0 Å². The third-order valence-corrected chi connectivity index (χ3v) is 2.50. The van der Waals surface area contributed by atoms with Crippen molar-refractivity contribution in [3.8, 4) is 0 Å². The van der Waals surface area contributed by atoms with Crippen LogP contribution in [0.4, 0.5) is 5.69 Å². The van der Waals surface area contributed by atoms with Gasteiger partial charge >= 0.3 is 0 Å². The SMILES string of the molecule is N=C(N)c1ccc(N2CCCC2)cn1. The van der Waals surface area contributed by atoms with Crippen molar-refractivity contribution in [2.75, 3.05) is 18.0 Å². The number of nitrogens with one attached hydrogen (secondary N) is 1. The van der Waals surface area contributed by atoms with Gasteiger partial charge in [-0.1, -0.05) is 0 Å². The first-order valence-corrected chi connectivity index (χ1v) is 4.83. The standard InChI is InChI=1S/C10H14N4/c11-10(12)9-4-3-8(7-13-9)14-5-1-2-6-14/h3-4,7H,1-2,5-6H2,(H3,11,12). The molecule has 0 spiro atoms. The summed E-state index contributed by atoms with van der Waals surface area (Å²) in [6.07, 6.45) is 4.31. The monoisotopic (exact) mass is 190 g/mol. The molecule has 1 fully saturated rings. The lowest BCUT2D eigenvalue weighted by Gasteiger charge is -2.16. The maximum atomic E-state index is 7.22. The highest BCUT2D eigenvalue weighted by Crippen LogP contribution is 2.18.